The van der Waals surface area contributed by atoms with Gasteiger partial charge in [-0.2, -0.15) is 5.26 Å². The number of hydrogen-bond donors (Lipinski definition) is 1. The zero-order chi connectivity index (χ0) is 11.7. The molecule has 4 heteroatoms. The van der Waals surface area contributed by atoms with E-state index in [0.717, 1.165) is 6.54 Å². The first-order valence-corrected chi connectivity index (χ1v) is 5.39. The van der Waals surface area contributed by atoms with Gasteiger partial charge in [0, 0.05) is 0 Å². The summed E-state index contributed by atoms with van der Waals surface area (Å²) in [6, 6.07) is 2.20. The van der Waals surface area contributed by atoms with Gasteiger partial charge in [0.25, 0.3) is 0 Å². The summed E-state index contributed by atoms with van der Waals surface area (Å²) in [5.41, 5.74) is -0.591. The van der Waals surface area contributed by atoms with Crippen molar-refractivity contribution in [3.8, 4) is 6.07 Å². The van der Waals surface area contributed by atoms with Gasteiger partial charge in [0.2, 0.25) is 0 Å². The van der Waals surface area contributed by atoms with Crippen LogP contribution in [0.1, 0.15) is 27.7 Å². The van der Waals surface area contributed by atoms with E-state index in [2.05, 4.69) is 11.4 Å². The van der Waals surface area contributed by atoms with Gasteiger partial charge in [0.1, 0.15) is 5.54 Å². The predicted molar refractivity (Wildman–Crippen MR) is 59.6 cm³/mol. The highest BCUT2D eigenvalue weighted by Crippen LogP contribution is 2.02. The molecule has 0 aliphatic heterocycles. The molecule has 0 heterocycles. The number of ether oxygens (including phenoxy) is 2. The fourth-order valence-electron chi connectivity index (χ4n) is 1.13. The molecule has 0 radical (unpaired) electrons. The Hall–Kier alpha value is -0.630. The molecule has 0 aliphatic rings. The zero-order valence-electron chi connectivity index (χ0n) is 10.2. The van der Waals surface area contributed by atoms with Gasteiger partial charge < -0.3 is 9.47 Å². The molecule has 0 bridgehead atoms. The first kappa shape index (κ1) is 14.4. The molecule has 0 aliphatic carbocycles. The maximum atomic E-state index is 8.94. The summed E-state index contributed by atoms with van der Waals surface area (Å²) < 4.78 is 10.7. The van der Waals surface area contributed by atoms with Gasteiger partial charge in [-0.1, -0.05) is 6.92 Å². The van der Waals surface area contributed by atoms with E-state index in [-0.39, 0.29) is 6.10 Å². The standard InChI is InChI=1S/C11H22N2O2/c1-5-13-11(4,8-12)9-14-6-7-15-10(2)3/h10,13H,5-7,9H2,1-4H3. The SMILES string of the molecule is CCNC(C)(C#N)COCCOC(C)C. The van der Waals surface area contributed by atoms with E-state index in [4.69, 9.17) is 14.7 Å². The summed E-state index contributed by atoms with van der Waals surface area (Å²) in [6.45, 7) is 10.0. The molecule has 1 unspecified atom stereocenters. The summed E-state index contributed by atoms with van der Waals surface area (Å²) in [6.07, 6.45) is 0.227. The molecule has 15 heavy (non-hydrogen) atoms. The van der Waals surface area contributed by atoms with Crippen LogP contribution in [0.3, 0.4) is 0 Å². The minimum atomic E-state index is -0.591. The maximum absolute atomic E-state index is 8.94. The lowest BCUT2D eigenvalue weighted by molar-refractivity contribution is 0.00925. The Labute approximate surface area is 92.6 Å². The molecule has 0 spiro atoms. The first-order valence-electron chi connectivity index (χ1n) is 5.39. The van der Waals surface area contributed by atoms with Crippen LogP contribution < -0.4 is 5.32 Å². The highest BCUT2D eigenvalue weighted by molar-refractivity contribution is 5.03. The van der Waals surface area contributed by atoms with Crippen molar-refractivity contribution in [2.24, 2.45) is 0 Å². The highest BCUT2D eigenvalue weighted by Gasteiger charge is 2.22. The smallest absolute Gasteiger partial charge is 0.127 e. The molecule has 0 saturated heterocycles. The number of nitrogens with zero attached hydrogens (tertiary/aromatic N) is 1. The second-order valence-corrected chi connectivity index (χ2v) is 3.95. The van der Waals surface area contributed by atoms with Crippen LogP contribution in [0.5, 0.6) is 0 Å². The molecule has 0 amide bonds. The molecule has 4 nitrogen and oxygen atoms in total. The average Bonchev–Trinajstić information content (AvgIpc) is 2.17. The van der Waals surface area contributed by atoms with Crippen molar-refractivity contribution in [1.82, 2.24) is 5.32 Å². The Bertz CT molecular complexity index is 201. The molecule has 1 atom stereocenters. The molecule has 1 N–H and O–H groups in total. The molecule has 0 aromatic rings. The van der Waals surface area contributed by atoms with Gasteiger partial charge in [-0.05, 0) is 27.3 Å². The van der Waals surface area contributed by atoms with E-state index in [1.165, 1.54) is 0 Å². The monoisotopic (exact) mass is 214 g/mol. The van der Waals surface area contributed by atoms with Crippen molar-refractivity contribution >= 4 is 0 Å². The van der Waals surface area contributed by atoms with Crippen LogP contribution in [0.25, 0.3) is 0 Å². The first-order chi connectivity index (χ1) is 7.04. The van der Waals surface area contributed by atoms with Gasteiger partial charge in [-0.25, -0.2) is 0 Å². The molecular weight excluding hydrogens is 192 g/mol. The Balaban J connectivity index is 3.60. The third-order valence-corrected chi connectivity index (χ3v) is 1.88. The van der Waals surface area contributed by atoms with E-state index in [1.54, 1.807) is 0 Å². The van der Waals surface area contributed by atoms with E-state index in [0.29, 0.717) is 19.8 Å². The largest absolute Gasteiger partial charge is 0.376 e. The molecule has 0 aromatic carbocycles. The van der Waals surface area contributed by atoms with Crippen molar-refractivity contribution in [2.75, 3.05) is 26.4 Å². The van der Waals surface area contributed by atoms with Crippen molar-refractivity contribution in [1.29, 1.82) is 5.26 Å². The number of rotatable bonds is 8. The van der Waals surface area contributed by atoms with Crippen LogP contribution in [0.15, 0.2) is 0 Å². The van der Waals surface area contributed by atoms with Crippen molar-refractivity contribution in [2.45, 2.75) is 39.3 Å². The molecular formula is C11H22N2O2. The fourth-order valence-corrected chi connectivity index (χ4v) is 1.13. The van der Waals surface area contributed by atoms with Crippen molar-refractivity contribution < 1.29 is 9.47 Å². The quantitative estimate of drug-likeness (QED) is 0.619. The van der Waals surface area contributed by atoms with Crippen LogP contribution in [0.2, 0.25) is 0 Å². The van der Waals surface area contributed by atoms with Crippen molar-refractivity contribution in [3.63, 3.8) is 0 Å². The molecule has 0 aromatic heterocycles. The Morgan fingerprint density at radius 2 is 2.07 bits per heavy atom. The van der Waals surface area contributed by atoms with E-state index in [9.17, 15) is 0 Å². The topological polar surface area (TPSA) is 54.3 Å². The van der Waals surface area contributed by atoms with Gasteiger partial charge in [0.05, 0.1) is 32.0 Å². The van der Waals surface area contributed by atoms with E-state index in [1.807, 2.05) is 27.7 Å². The van der Waals surface area contributed by atoms with Crippen LogP contribution in [0.4, 0.5) is 0 Å². The Morgan fingerprint density at radius 3 is 2.53 bits per heavy atom. The van der Waals surface area contributed by atoms with Gasteiger partial charge >= 0.3 is 0 Å². The van der Waals surface area contributed by atoms with Crippen LogP contribution >= 0.6 is 0 Å². The van der Waals surface area contributed by atoms with Gasteiger partial charge in [0.15, 0.2) is 0 Å². The van der Waals surface area contributed by atoms with Crippen LogP contribution in [0, 0.1) is 11.3 Å². The Morgan fingerprint density at radius 1 is 1.40 bits per heavy atom. The minimum absolute atomic E-state index is 0.227. The lowest BCUT2D eigenvalue weighted by atomic mass is 10.1. The number of likely N-dealkylation sites (N-methyl/N-ethyl adjacent to an activating group) is 1. The summed E-state index contributed by atoms with van der Waals surface area (Å²) in [5, 5.41) is 12.0. The molecule has 0 fully saturated rings. The lowest BCUT2D eigenvalue weighted by Crippen LogP contribution is -2.45. The molecule has 88 valence electrons. The summed E-state index contributed by atoms with van der Waals surface area (Å²) in [5.74, 6) is 0. The minimum Gasteiger partial charge on any atom is -0.376 e. The van der Waals surface area contributed by atoms with Gasteiger partial charge in [-0.15, -0.1) is 0 Å². The average molecular weight is 214 g/mol. The summed E-state index contributed by atoms with van der Waals surface area (Å²) in [7, 11) is 0. The number of hydrogen-bond acceptors (Lipinski definition) is 4. The normalized spacial score (nSPS) is 14.9. The van der Waals surface area contributed by atoms with Crippen LogP contribution in [-0.2, 0) is 9.47 Å². The van der Waals surface area contributed by atoms with Crippen molar-refractivity contribution in [3.05, 3.63) is 0 Å². The summed E-state index contributed by atoms with van der Waals surface area (Å²) in [4.78, 5) is 0. The van der Waals surface area contributed by atoms with E-state index >= 15 is 0 Å². The Kier molecular flexibility index (Phi) is 7.31. The van der Waals surface area contributed by atoms with Gasteiger partial charge in [-0.3, -0.25) is 5.32 Å². The second kappa shape index (κ2) is 7.63. The maximum Gasteiger partial charge on any atom is 0.127 e. The lowest BCUT2D eigenvalue weighted by Gasteiger charge is -2.22. The van der Waals surface area contributed by atoms with Crippen LogP contribution in [-0.4, -0.2) is 38.0 Å². The second-order valence-electron chi connectivity index (χ2n) is 3.95. The highest BCUT2D eigenvalue weighted by atomic mass is 16.5. The van der Waals surface area contributed by atoms with E-state index < -0.39 is 5.54 Å². The predicted octanol–water partition coefficient (Wildman–Crippen LogP) is 1.32. The zero-order valence-corrected chi connectivity index (χ0v) is 10.2. The third kappa shape index (κ3) is 7.32. The third-order valence-electron chi connectivity index (χ3n) is 1.88. The fraction of sp³-hybridized carbons (Fsp3) is 0.909. The number of nitrogens with one attached hydrogen (secondary N) is 1. The summed E-state index contributed by atoms with van der Waals surface area (Å²) >= 11 is 0. The molecule has 0 rings (SSSR count). The molecule has 0 saturated carbocycles. The number of nitriles is 1.